The van der Waals surface area contributed by atoms with Crippen LogP contribution in [0, 0.1) is 0 Å². The number of nitrogens with zero attached hydrogens (tertiary/aromatic N) is 1. The van der Waals surface area contributed by atoms with Crippen LogP contribution in [0.15, 0.2) is 30.3 Å². The van der Waals surface area contributed by atoms with E-state index in [1.165, 1.54) is 12.0 Å². The van der Waals surface area contributed by atoms with Gasteiger partial charge in [0.15, 0.2) is 0 Å². The van der Waals surface area contributed by atoms with Crippen LogP contribution in [0.1, 0.15) is 32.8 Å². The Labute approximate surface area is 112 Å². The standard InChI is InChI=1S/C16H28N2/c1-6-15(12-14-10-8-7-9-11-14)17-13-16(2,3)18(4)5/h7-11,15,17H,6,12-13H2,1-5H3. The molecule has 0 aliphatic rings. The molecule has 18 heavy (non-hydrogen) atoms. The van der Waals surface area contributed by atoms with Crippen molar-refractivity contribution in [1.82, 2.24) is 10.2 Å². The molecular formula is C16H28N2. The molecule has 0 heterocycles. The van der Waals surface area contributed by atoms with Crippen LogP contribution in [0.3, 0.4) is 0 Å². The van der Waals surface area contributed by atoms with Crippen molar-refractivity contribution in [3.63, 3.8) is 0 Å². The molecule has 0 aliphatic heterocycles. The van der Waals surface area contributed by atoms with E-state index in [2.05, 4.69) is 75.4 Å². The van der Waals surface area contributed by atoms with Crippen molar-refractivity contribution >= 4 is 0 Å². The van der Waals surface area contributed by atoms with E-state index in [9.17, 15) is 0 Å². The van der Waals surface area contributed by atoms with Crippen molar-refractivity contribution in [2.75, 3.05) is 20.6 Å². The minimum Gasteiger partial charge on any atom is -0.312 e. The van der Waals surface area contributed by atoms with E-state index >= 15 is 0 Å². The van der Waals surface area contributed by atoms with E-state index in [0.29, 0.717) is 6.04 Å². The first kappa shape index (κ1) is 15.2. The van der Waals surface area contributed by atoms with Gasteiger partial charge in [0.05, 0.1) is 0 Å². The molecule has 0 saturated carbocycles. The van der Waals surface area contributed by atoms with Gasteiger partial charge in [-0.3, -0.25) is 0 Å². The van der Waals surface area contributed by atoms with Crippen molar-refractivity contribution in [2.45, 2.75) is 45.2 Å². The third-order valence-electron chi connectivity index (χ3n) is 3.85. The van der Waals surface area contributed by atoms with Gasteiger partial charge in [-0.05, 0) is 46.3 Å². The van der Waals surface area contributed by atoms with Crippen LogP contribution in [0.2, 0.25) is 0 Å². The Morgan fingerprint density at radius 1 is 1.17 bits per heavy atom. The summed E-state index contributed by atoms with van der Waals surface area (Å²) in [6.45, 7) is 7.82. The predicted molar refractivity (Wildman–Crippen MR) is 80.0 cm³/mol. The van der Waals surface area contributed by atoms with Gasteiger partial charge >= 0.3 is 0 Å². The van der Waals surface area contributed by atoms with Gasteiger partial charge < -0.3 is 10.2 Å². The van der Waals surface area contributed by atoms with Gasteiger partial charge in [0, 0.05) is 18.1 Å². The smallest absolute Gasteiger partial charge is 0.0271 e. The first-order valence-electron chi connectivity index (χ1n) is 6.90. The second-order valence-corrected chi connectivity index (χ2v) is 5.88. The molecule has 0 fully saturated rings. The van der Waals surface area contributed by atoms with E-state index < -0.39 is 0 Å². The summed E-state index contributed by atoms with van der Waals surface area (Å²) in [5, 5.41) is 3.70. The van der Waals surface area contributed by atoms with Crippen LogP contribution in [0.5, 0.6) is 0 Å². The Balaban J connectivity index is 2.48. The number of nitrogens with one attached hydrogen (secondary N) is 1. The fraction of sp³-hybridized carbons (Fsp3) is 0.625. The minimum absolute atomic E-state index is 0.199. The molecule has 0 radical (unpaired) electrons. The van der Waals surface area contributed by atoms with Crippen LogP contribution in [0.25, 0.3) is 0 Å². The number of hydrogen-bond donors (Lipinski definition) is 1. The quantitative estimate of drug-likeness (QED) is 0.798. The van der Waals surface area contributed by atoms with Crippen molar-refractivity contribution < 1.29 is 0 Å². The minimum atomic E-state index is 0.199. The first-order valence-corrected chi connectivity index (χ1v) is 6.90. The van der Waals surface area contributed by atoms with Crippen molar-refractivity contribution in [3.8, 4) is 0 Å². The Hall–Kier alpha value is -0.860. The van der Waals surface area contributed by atoms with Crippen LogP contribution in [-0.2, 0) is 6.42 Å². The lowest BCUT2D eigenvalue weighted by Crippen LogP contribution is -2.49. The molecule has 0 saturated heterocycles. The van der Waals surface area contributed by atoms with E-state index in [4.69, 9.17) is 0 Å². The molecule has 0 spiro atoms. The number of benzene rings is 1. The summed E-state index contributed by atoms with van der Waals surface area (Å²) in [5.41, 5.74) is 1.61. The van der Waals surface area contributed by atoms with Gasteiger partial charge in [-0.1, -0.05) is 37.3 Å². The Kier molecular flexibility index (Phi) is 5.83. The molecule has 0 bridgehead atoms. The van der Waals surface area contributed by atoms with Crippen LogP contribution in [0.4, 0.5) is 0 Å². The molecule has 1 unspecified atom stereocenters. The highest BCUT2D eigenvalue weighted by Crippen LogP contribution is 2.11. The molecule has 1 aromatic carbocycles. The second-order valence-electron chi connectivity index (χ2n) is 5.88. The highest BCUT2D eigenvalue weighted by Gasteiger charge is 2.21. The van der Waals surface area contributed by atoms with Gasteiger partial charge in [0.1, 0.15) is 0 Å². The molecule has 0 aromatic heterocycles. The summed E-state index contributed by atoms with van der Waals surface area (Å²) in [4.78, 5) is 2.27. The van der Waals surface area contributed by atoms with Gasteiger partial charge in [0.25, 0.3) is 0 Å². The zero-order chi connectivity index (χ0) is 13.6. The fourth-order valence-corrected chi connectivity index (χ4v) is 1.81. The summed E-state index contributed by atoms with van der Waals surface area (Å²) < 4.78 is 0. The molecule has 1 aromatic rings. The third-order valence-corrected chi connectivity index (χ3v) is 3.85. The number of rotatable bonds is 7. The zero-order valence-electron chi connectivity index (χ0n) is 12.5. The van der Waals surface area contributed by atoms with Crippen LogP contribution in [-0.4, -0.2) is 37.1 Å². The van der Waals surface area contributed by atoms with Gasteiger partial charge in [-0.15, -0.1) is 0 Å². The lowest BCUT2D eigenvalue weighted by Gasteiger charge is -2.34. The molecular weight excluding hydrogens is 220 g/mol. The number of likely N-dealkylation sites (N-methyl/N-ethyl adjacent to an activating group) is 1. The first-order chi connectivity index (χ1) is 8.45. The highest BCUT2D eigenvalue weighted by molar-refractivity contribution is 5.15. The van der Waals surface area contributed by atoms with E-state index in [1.807, 2.05) is 0 Å². The topological polar surface area (TPSA) is 15.3 Å². The van der Waals surface area contributed by atoms with Crippen LogP contribution < -0.4 is 5.32 Å². The summed E-state index contributed by atoms with van der Waals surface area (Å²) >= 11 is 0. The average molecular weight is 248 g/mol. The Morgan fingerprint density at radius 2 is 1.78 bits per heavy atom. The monoisotopic (exact) mass is 248 g/mol. The van der Waals surface area contributed by atoms with Crippen molar-refractivity contribution in [3.05, 3.63) is 35.9 Å². The highest BCUT2D eigenvalue weighted by atomic mass is 15.2. The maximum absolute atomic E-state index is 3.70. The van der Waals surface area contributed by atoms with Crippen molar-refractivity contribution in [1.29, 1.82) is 0 Å². The summed E-state index contributed by atoms with van der Waals surface area (Å²) in [7, 11) is 4.28. The second kappa shape index (κ2) is 6.91. The van der Waals surface area contributed by atoms with Crippen molar-refractivity contribution in [2.24, 2.45) is 0 Å². The molecule has 0 aliphatic carbocycles. The molecule has 1 rings (SSSR count). The summed E-state index contributed by atoms with van der Waals surface area (Å²) in [6, 6.07) is 11.3. The fourth-order valence-electron chi connectivity index (χ4n) is 1.81. The molecule has 2 nitrogen and oxygen atoms in total. The van der Waals surface area contributed by atoms with E-state index in [0.717, 1.165) is 13.0 Å². The molecule has 0 amide bonds. The SMILES string of the molecule is CCC(Cc1ccccc1)NCC(C)(C)N(C)C. The van der Waals surface area contributed by atoms with E-state index in [-0.39, 0.29) is 5.54 Å². The summed E-state index contributed by atoms with van der Waals surface area (Å²) in [5.74, 6) is 0. The summed E-state index contributed by atoms with van der Waals surface area (Å²) in [6.07, 6.45) is 2.28. The predicted octanol–water partition coefficient (Wildman–Crippen LogP) is 2.94. The Bertz CT molecular complexity index is 330. The maximum atomic E-state index is 3.70. The molecule has 1 N–H and O–H groups in total. The van der Waals surface area contributed by atoms with Gasteiger partial charge in [-0.2, -0.15) is 0 Å². The molecule has 102 valence electrons. The lowest BCUT2D eigenvalue weighted by molar-refractivity contribution is 0.183. The van der Waals surface area contributed by atoms with Gasteiger partial charge in [0.2, 0.25) is 0 Å². The van der Waals surface area contributed by atoms with Gasteiger partial charge in [-0.25, -0.2) is 0 Å². The largest absolute Gasteiger partial charge is 0.312 e. The molecule has 2 heteroatoms. The third kappa shape index (κ3) is 4.79. The van der Waals surface area contributed by atoms with E-state index in [1.54, 1.807) is 0 Å². The van der Waals surface area contributed by atoms with Crippen LogP contribution >= 0.6 is 0 Å². The average Bonchev–Trinajstić information content (AvgIpc) is 2.35. The normalized spacial score (nSPS) is 13.9. The lowest BCUT2D eigenvalue weighted by atomic mass is 10.0. The zero-order valence-corrected chi connectivity index (χ0v) is 12.5. The molecule has 1 atom stereocenters. The maximum Gasteiger partial charge on any atom is 0.0271 e. The number of hydrogen-bond acceptors (Lipinski definition) is 2. The Morgan fingerprint density at radius 3 is 2.28 bits per heavy atom.